The molecule has 0 aliphatic heterocycles. The third-order valence-corrected chi connectivity index (χ3v) is 4.58. The van der Waals surface area contributed by atoms with Gasteiger partial charge in [0, 0.05) is 6.54 Å². The highest BCUT2D eigenvalue weighted by Crippen LogP contribution is 2.26. The Hall–Kier alpha value is -3.14. The number of aliphatic hydroxyl groups excluding tert-OH is 1. The first-order valence-corrected chi connectivity index (χ1v) is 10.2. The van der Waals surface area contributed by atoms with Crippen molar-refractivity contribution in [3.63, 3.8) is 0 Å². The SMILES string of the molecule is COC(=O)CNC(=O)C(c1cccc(C)c1C)N(CCO)C(=O)CNC(=O)OC(C)(C)C. The van der Waals surface area contributed by atoms with Crippen LogP contribution in [-0.4, -0.2) is 72.8 Å². The monoisotopic (exact) mass is 451 g/mol. The van der Waals surface area contributed by atoms with Crippen LogP contribution in [0.25, 0.3) is 0 Å². The van der Waals surface area contributed by atoms with Crippen molar-refractivity contribution < 1.29 is 33.8 Å². The lowest BCUT2D eigenvalue weighted by molar-refractivity contribution is -0.144. The molecule has 1 aromatic carbocycles. The second-order valence-electron chi connectivity index (χ2n) is 8.15. The van der Waals surface area contributed by atoms with E-state index in [1.165, 1.54) is 7.11 Å². The number of aryl methyl sites for hydroxylation is 1. The summed E-state index contributed by atoms with van der Waals surface area (Å²) in [6, 6.07) is 4.17. The molecule has 1 aromatic rings. The van der Waals surface area contributed by atoms with Crippen molar-refractivity contribution in [3.05, 3.63) is 34.9 Å². The number of benzene rings is 1. The Labute approximate surface area is 188 Å². The molecule has 0 saturated carbocycles. The summed E-state index contributed by atoms with van der Waals surface area (Å²) < 4.78 is 9.69. The van der Waals surface area contributed by atoms with Crippen molar-refractivity contribution in [3.8, 4) is 0 Å². The minimum atomic E-state index is -1.14. The molecule has 1 atom stereocenters. The van der Waals surface area contributed by atoms with Crippen molar-refractivity contribution in [2.75, 3.05) is 33.4 Å². The predicted molar refractivity (Wildman–Crippen MR) is 117 cm³/mol. The van der Waals surface area contributed by atoms with Crippen LogP contribution >= 0.6 is 0 Å². The summed E-state index contributed by atoms with van der Waals surface area (Å²) in [6.07, 6.45) is -0.784. The number of nitrogens with one attached hydrogen (secondary N) is 2. The Bertz CT molecular complexity index is 833. The van der Waals surface area contributed by atoms with Gasteiger partial charge in [0.05, 0.1) is 13.7 Å². The number of hydrogen-bond donors (Lipinski definition) is 3. The molecule has 0 aliphatic carbocycles. The van der Waals surface area contributed by atoms with Gasteiger partial charge in [-0.05, 0) is 51.3 Å². The second-order valence-corrected chi connectivity index (χ2v) is 8.15. The van der Waals surface area contributed by atoms with E-state index in [4.69, 9.17) is 4.74 Å². The molecule has 10 heteroatoms. The average molecular weight is 452 g/mol. The minimum absolute atomic E-state index is 0.168. The summed E-state index contributed by atoms with van der Waals surface area (Å²) in [6.45, 7) is 7.34. The number of aliphatic hydroxyl groups is 1. The van der Waals surface area contributed by atoms with Crippen LogP contribution in [-0.2, 0) is 23.9 Å². The number of carbonyl (C=O) groups is 4. The molecule has 0 bridgehead atoms. The molecule has 32 heavy (non-hydrogen) atoms. The van der Waals surface area contributed by atoms with E-state index in [2.05, 4.69) is 15.4 Å². The number of esters is 1. The molecule has 3 amide bonds. The predicted octanol–water partition coefficient (Wildman–Crippen LogP) is 0.979. The molecule has 10 nitrogen and oxygen atoms in total. The Morgan fingerprint density at radius 1 is 1.09 bits per heavy atom. The third kappa shape index (κ3) is 8.18. The molecule has 3 N–H and O–H groups in total. The smallest absolute Gasteiger partial charge is 0.408 e. The molecule has 0 heterocycles. The first kappa shape index (κ1) is 26.9. The van der Waals surface area contributed by atoms with E-state index in [-0.39, 0.29) is 13.1 Å². The maximum atomic E-state index is 13.1. The number of ether oxygens (including phenoxy) is 2. The molecular weight excluding hydrogens is 418 g/mol. The number of nitrogens with zero attached hydrogens (tertiary/aromatic N) is 1. The zero-order chi connectivity index (χ0) is 24.5. The van der Waals surface area contributed by atoms with Gasteiger partial charge in [-0.3, -0.25) is 14.4 Å². The molecule has 1 unspecified atom stereocenters. The Morgan fingerprint density at radius 3 is 2.31 bits per heavy atom. The number of methoxy groups -OCH3 is 1. The highest BCUT2D eigenvalue weighted by Gasteiger charge is 2.33. The fourth-order valence-electron chi connectivity index (χ4n) is 2.92. The Kier molecular flexibility index (Phi) is 10.1. The highest BCUT2D eigenvalue weighted by atomic mass is 16.6. The quantitative estimate of drug-likeness (QED) is 0.477. The van der Waals surface area contributed by atoms with E-state index in [0.717, 1.165) is 16.0 Å². The van der Waals surface area contributed by atoms with Crippen LogP contribution in [0.4, 0.5) is 4.79 Å². The summed E-state index contributed by atoms with van der Waals surface area (Å²) in [5, 5.41) is 14.4. The van der Waals surface area contributed by atoms with Crippen LogP contribution in [0.15, 0.2) is 18.2 Å². The molecule has 0 aromatic heterocycles. The third-order valence-electron chi connectivity index (χ3n) is 4.58. The zero-order valence-corrected chi connectivity index (χ0v) is 19.5. The van der Waals surface area contributed by atoms with Gasteiger partial charge in [0.25, 0.3) is 0 Å². The lowest BCUT2D eigenvalue weighted by Crippen LogP contribution is -2.49. The van der Waals surface area contributed by atoms with Crippen LogP contribution in [0, 0.1) is 13.8 Å². The minimum Gasteiger partial charge on any atom is -0.468 e. The maximum absolute atomic E-state index is 13.1. The van der Waals surface area contributed by atoms with Crippen molar-refractivity contribution in [1.82, 2.24) is 15.5 Å². The van der Waals surface area contributed by atoms with Crippen LogP contribution in [0.2, 0.25) is 0 Å². The molecule has 0 saturated heterocycles. The number of rotatable bonds is 9. The van der Waals surface area contributed by atoms with Gasteiger partial charge in [-0.25, -0.2) is 4.79 Å². The number of amides is 3. The summed E-state index contributed by atoms with van der Waals surface area (Å²) in [4.78, 5) is 50.7. The lowest BCUT2D eigenvalue weighted by atomic mass is 9.95. The van der Waals surface area contributed by atoms with Gasteiger partial charge in [0.2, 0.25) is 11.8 Å². The largest absolute Gasteiger partial charge is 0.468 e. The van der Waals surface area contributed by atoms with Crippen molar-refractivity contribution in [2.24, 2.45) is 0 Å². The molecule has 0 fully saturated rings. The van der Waals surface area contributed by atoms with Crippen LogP contribution in [0.3, 0.4) is 0 Å². The summed E-state index contributed by atoms with van der Waals surface area (Å²) >= 11 is 0. The normalized spacial score (nSPS) is 11.8. The van der Waals surface area contributed by atoms with Gasteiger partial charge in [-0.2, -0.15) is 0 Å². The molecule has 1 rings (SSSR count). The van der Waals surface area contributed by atoms with E-state index in [1.54, 1.807) is 32.9 Å². The first-order chi connectivity index (χ1) is 14.9. The van der Waals surface area contributed by atoms with Crippen molar-refractivity contribution in [1.29, 1.82) is 0 Å². The van der Waals surface area contributed by atoms with Crippen LogP contribution in [0.5, 0.6) is 0 Å². The summed E-state index contributed by atoms with van der Waals surface area (Å²) in [5.41, 5.74) is 1.47. The molecule has 0 spiro atoms. The van der Waals surface area contributed by atoms with Gasteiger partial charge >= 0.3 is 12.1 Å². The van der Waals surface area contributed by atoms with E-state index in [1.807, 2.05) is 19.9 Å². The fraction of sp³-hybridized carbons (Fsp3) is 0.545. The number of hydrogen-bond acceptors (Lipinski definition) is 7. The second kappa shape index (κ2) is 12.0. The van der Waals surface area contributed by atoms with Crippen molar-refractivity contribution >= 4 is 23.9 Å². The maximum Gasteiger partial charge on any atom is 0.408 e. The van der Waals surface area contributed by atoms with Gasteiger partial charge in [-0.15, -0.1) is 0 Å². The van der Waals surface area contributed by atoms with Gasteiger partial charge < -0.3 is 30.1 Å². The summed E-state index contributed by atoms with van der Waals surface area (Å²) in [7, 11) is 1.20. The average Bonchev–Trinajstić information content (AvgIpc) is 2.71. The van der Waals surface area contributed by atoms with Crippen molar-refractivity contribution in [2.45, 2.75) is 46.3 Å². The molecular formula is C22H33N3O7. The van der Waals surface area contributed by atoms with E-state index in [0.29, 0.717) is 5.56 Å². The fourth-order valence-corrected chi connectivity index (χ4v) is 2.92. The lowest BCUT2D eigenvalue weighted by Gasteiger charge is -2.32. The summed E-state index contributed by atoms with van der Waals surface area (Å²) in [5.74, 6) is -1.88. The molecule has 0 aliphatic rings. The topological polar surface area (TPSA) is 134 Å². The Balaban J connectivity index is 3.21. The standard InChI is InChI=1S/C22H33N3O7/c1-14-8-7-9-16(15(14)2)19(20(29)23-13-18(28)31-6)25(10-11-26)17(27)12-24-21(30)32-22(3,4)5/h7-9,19,26H,10-13H2,1-6H3,(H,23,29)(H,24,30). The van der Waals surface area contributed by atoms with E-state index >= 15 is 0 Å². The number of alkyl carbamates (subject to hydrolysis) is 1. The zero-order valence-electron chi connectivity index (χ0n) is 19.5. The first-order valence-electron chi connectivity index (χ1n) is 10.2. The number of carbonyl (C=O) groups excluding carboxylic acids is 4. The Morgan fingerprint density at radius 2 is 1.75 bits per heavy atom. The van der Waals surface area contributed by atoms with Gasteiger partial charge in [0.1, 0.15) is 24.7 Å². The molecule has 0 radical (unpaired) electrons. The van der Waals surface area contributed by atoms with Gasteiger partial charge in [-0.1, -0.05) is 18.2 Å². The van der Waals surface area contributed by atoms with E-state index < -0.39 is 48.7 Å². The van der Waals surface area contributed by atoms with E-state index in [9.17, 15) is 24.3 Å². The highest BCUT2D eigenvalue weighted by molar-refractivity contribution is 5.92. The molecule has 178 valence electrons. The van der Waals surface area contributed by atoms with Crippen LogP contribution < -0.4 is 10.6 Å². The van der Waals surface area contributed by atoms with Crippen LogP contribution in [0.1, 0.15) is 43.5 Å². The van der Waals surface area contributed by atoms with Gasteiger partial charge in [0.15, 0.2) is 0 Å².